The average Bonchev–Trinajstić information content (AvgIpc) is 3.02. The highest BCUT2D eigenvalue weighted by Gasteiger charge is 2.21. The van der Waals surface area contributed by atoms with E-state index in [0.717, 1.165) is 50.8 Å². The van der Waals surface area contributed by atoms with Crippen LogP contribution in [0.25, 0.3) is 0 Å². The van der Waals surface area contributed by atoms with E-state index in [1.54, 1.807) is 0 Å². The fourth-order valence-corrected chi connectivity index (χ4v) is 3.34. The minimum absolute atomic E-state index is 0.562. The van der Waals surface area contributed by atoms with Gasteiger partial charge in [-0.2, -0.15) is 5.10 Å². The van der Waals surface area contributed by atoms with Crippen molar-refractivity contribution in [3.05, 3.63) is 42.1 Å². The Hall–Kier alpha value is -2.01. The normalized spacial score (nSPS) is 23.1. The first-order chi connectivity index (χ1) is 10.9. The van der Waals surface area contributed by atoms with Crippen LogP contribution in [-0.4, -0.2) is 36.0 Å². The molecule has 1 aromatic heterocycles. The van der Waals surface area contributed by atoms with Crippen LogP contribution < -0.4 is 15.4 Å². The van der Waals surface area contributed by atoms with Gasteiger partial charge in [0.2, 0.25) is 0 Å². The summed E-state index contributed by atoms with van der Waals surface area (Å²) in [6, 6.07) is 10.4. The fourth-order valence-electron chi connectivity index (χ4n) is 3.34. The maximum atomic E-state index is 5.85. The molecule has 5 nitrogen and oxygen atoms in total. The quantitative estimate of drug-likeness (QED) is 0.903. The molecule has 22 heavy (non-hydrogen) atoms. The average molecular weight is 298 g/mol. The molecule has 2 atom stereocenters. The van der Waals surface area contributed by atoms with E-state index in [2.05, 4.69) is 38.6 Å². The summed E-state index contributed by atoms with van der Waals surface area (Å²) < 4.78 is 7.90. The number of hydrogen-bond donors (Lipinski definition) is 2. The van der Waals surface area contributed by atoms with Crippen molar-refractivity contribution >= 4 is 5.82 Å². The molecule has 2 N–H and O–H groups in total. The summed E-state index contributed by atoms with van der Waals surface area (Å²) in [5.41, 5.74) is 1.33. The van der Waals surface area contributed by atoms with E-state index in [4.69, 9.17) is 4.74 Å². The van der Waals surface area contributed by atoms with E-state index in [-0.39, 0.29) is 0 Å². The van der Waals surface area contributed by atoms with Gasteiger partial charge in [-0.1, -0.05) is 18.2 Å². The third kappa shape index (κ3) is 2.81. The van der Waals surface area contributed by atoms with Gasteiger partial charge in [-0.25, -0.2) is 4.68 Å². The Labute approximate surface area is 130 Å². The van der Waals surface area contributed by atoms with E-state index in [1.807, 2.05) is 18.3 Å². The lowest BCUT2D eigenvalue weighted by molar-refractivity contribution is 0.215. The third-order valence-electron chi connectivity index (χ3n) is 4.54. The molecule has 0 amide bonds. The molecule has 0 unspecified atom stereocenters. The number of benzene rings is 1. The van der Waals surface area contributed by atoms with Gasteiger partial charge in [-0.3, -0.25) is 0 Å². The van der Waals surface area contributed by atoms with Gasteiger partial charge in [0.1, 0.15) is 11.6 Å². The molecule has 0 radical (unpaired) electrons. The van der Waals surface area contributed by atoms with Gasteiger partial charge in [0, 0.05) is 44.1 Å². The lowest BCUT2D eigenvalue weighted by Crippen LogP contribution is -2.38. The second-order valence-electron chi connectivity index (χ2n) is 6.29. The number of anilines is 1. The molecule has 0 bridgehead atoms. The molecule has 4 rings (SSSR count). The summed E-state index contributed by atoms with van der Waals surface area (Å²) in [7, 11) is 0. The third-order valence-corrected chi connectivity index (χ3v) is 4.54. The Morgan fingerprint density at radius 2 is 2.14 bits per heavy atom. The second kappa shape index (κ2) is 6.01. The molecule has 0 aliphatic carbocycles. The van der Waals surface area contributed by atoms with Crippen molar-refractivity contribution in [3.63, 3.8) is 0 Å². The highest BCUT2D eigenvalue weighted by atomic mass is 16.5. The number of ether oxygens (including phenoxy) is 1. The Morgan fingerprint density at radius 3 is 3.14 bits per heavy atom. The maximum absolute atomic E-state index is 5.85. The van der Waals surface area contributed by atoms with Gasteiger partial charge in [-0.15, -0.1) is 0 Å². The zero-order chi connectivity index (χ0) is 14.8. The monoisotopic (exact) mass is 298 g/mol. The molecule has 3 heterocycles. The predicted octanol–water partition coefficient (Wildman–Crippen LogP) is 1.77. The summed E-state index contributed by atoms with van der Waals surface area (Å²) in [4.78, 5) is 0. The number of hydrogen-bond acceptors (Lipinski definition) is 4. The minimum atomic E-state index is 0.562. The van der Waals surface area contributed by atoms with E-state index < -0.39 is 0 Å². The molecular formula is C17H22N4O. The largest absolute Gasteiger partial charge is 0.493 e. The highest BCUT2D eigenvalue weighted by Crippen LogP contribution is 2.26. The van der Waals surface area contributed by atoms with Crippen molar-refractivity contribution in [1.82, 2.24) is 15.1 Å². The summed E-state index contributed by atoms with van der Waals surface area (Å²) in [5, 5.41) is 11.4. The molecule has 0 spiro atoms. The molecule has 0 fully saturated rings. The fraction of sp³-hybridized carbons (Fsp3) is 0.471. The molecule has 0 saturated carbocycles. The van der Waals surface area contributed by atoms with Crippen LogP contribution in [0.1, 0.15) is 5.56 Å². The van der Waals surface area contributed by atoms with Crippen LogP contribution >= 0.6 is 0 Å². The van der Waals surface area contributed by atoms with Gasteiger partial charge in [0.25, 0.3) is 0 Å². The first kappa shape index (κ1) is 13.6. The van der Waals surface area contributed by atoms with Crippen LogP contribution in [0.2, 0.25) is 0 Å². The maximum Gasteiger partial charge on any atom is 0.124 e. The molecule has 2 aliphatic heterocycles. The van der Waals surface area contributed by atoms with Gasteiger partial charge in [0.15, 0.2) is 0 Å². The van der Waals surface area contributed by atoms with Crippen molar-refractivity contribution in [1.29, 1.82) is 0 Å². The summed E-state index contributed by atoms with van der Waals surface area (Å²) in [6.07, 6.45) is 2.96. The molecule has 1 aromatic carbocycles. The van der Waals surface area contributed by atoms with Crippen molar-refractivity contribution in [2.45, 2.75) is 13.0 Å². The standard InChI is InChI=1S/C17H22N4O/c1-2-4-16-15(3-1)7-13(12-22-16)8-18-9-14-10-19-17-5-6-20-21(17)11-14/h1-6,13-14,18-19H,7-12H2/t13-,14-/m0/s1. The number of nitrogens with zero attached hydrogens (tertiary/aromatic N) is 2. The number of aromatic nitrogens is 2. The van der Waals surface area contributed by atoms with E-state index in [0.29, 0.717) is 11.8 Å². The van der Waals surface area contributed by atoms with Crippen molar-refractivity contribution < 1.29 is 4.74 Å². The van der Waals surface area contributed by atoms with Crippen LogP contribution in [-0.2, 0) is 13.0 Å². The van der Waals surface area contributed by atoms with Gasteiger partial charge in [0.05, 0.1) is 12.8 Å². The topological polar surface area (TPSA) is 51.1 Å². The van der Waals surface area contributed by atoms with Crippen LogP contribution in [0.3, 0.4) is 0 Å². The lowest BCUT2D eigenvalue weighted by Gasteiger charge is -2.28. The number of para-hydroxylation sites is 1. The molecule has 116 valence electrons. The van der Waals surface area contributed by atoms with E-state index >= 15 is 0 Å². The Bertz CT molecular complexity index is 639. The van der Waals surface area contributed by atoms with Crippen molar-refractivity contribution in [2.24, 2.45) is 11.8 Å². The molecule has 5 heteroatoms. The molecule has 2 aliphatic rings. The van der Waals surface area contributed by atoms with Crippen molar-refractivity contribution in [3.8, 4) is 5.75 Å². The minimum Gasteiger partial charge on any atom is -0.493 e. The summed E-state index contributed by atoms with van der Waals surface area (Å²) in [6.45, 7) is 4.85. The molecule has 2 aromatic rings. The lowest BCUT2D eigenvalue weighted by atomic mass is 9.96. The summed E-state index contributed by atoms with van der Waals surface area (Å²) >= 11 is 0. The Balaban J connectivity index is 1.25. The van der Waals surface area contributed by atoms with Crippen molar-refractivity contribution in [2.75, 3.05) is 31.6 Å². The van der Waals surface area contributed by atoms with E-state index in [9.17, 15) is 0 Å². The van der Waals surface area contributed by atoms with Crippen LogP contribution in [0.15, 0.2) is 36.5 Å². The number of nitrogens with one attached hydrogen (secondary N) is 2. The van der Waals surface area contributed by atoms with Gasteiger partial charge >= 0.3 is 0 Å². The SMILES string of the molecule is c1ccc2c(c1)C[C@@H](CNC[C@H]1CNc3ccnn3C1)CO2. The summed E-state index contributed by atoms with van der Waals surface area (Å²) in [5.74, 6) is 3.34. The number of fused-ring (bicyclic) bond motifs is 2. The molecule has 0 saturated heterocycles. The zero-order valence-electron chi connectivity index (χ0n) is 12.7. The first-order valence-electron chi connectivity index (χ1n) is 8.05. The predicted molar refractivity (Wildman–Crippen MR) is 86.2 cm³/mol. The number of rotatable bonds is 4. The Morgan fingerprint density at radius 1 is 1.23 bits per heavy atom. The van der Waals surface area contributed by atoms with Crippen LogP contribution in [0, 0.1) is 11.8 Å². The second-order valence-corrected chi connectivity index (χ2v) is 6.29. The first-order valence-corrected chi connectivity index (χ1v) is 8.05. The Kier molecular flexibility index (Phi) is 3.72. The highest BCUT2D eigenvalue weighted by molar-refractivity contribution is 5.36. The molecular weight excluding hydrogens is 276 g/mol. The van der Waals surface area contributed by atoms with Crippen LogP contribution in [0.5, 0.6) is 5.75 Å². The smallest absolute Gasteiger partial charge is 0.124 e. The van der Waals surface area contributed by atoms with Crippen LogP contribution in [0.4, 0.5) is 5.82 Å². The van der Waals surface area contributed by atoms with Gasteiger partial charge < -0.3 is 15.4 Å². The zero-order valence-corrected chi connectivity index (χ0v) is 12.7. The van der Waals surface area contributed by atoms with Gasteiger partial charge in [-0.05, 0) is 18.1 Å². The van der Waals surface area contributed by atoms with E-state index in [1.165, 1.54) is 5.56 Å².